The van der Waals surface area contributed by atoms with E-state index in [4.69, 9.17) is 10.7 Å². The third-order valence-corrected chi connectivity index (χ3v) is 3.86. The van der Waals surface area contributed by atoms with E-state index in [0.717, 1.165) is 28.2 Å². The molecule has 5 heteroatoms. The fourth-order valence-corrected chi connectivity index (χ4v) is 2.83. The maximum Gasteiger partial charge on any atom is 0.0830 e. The molecule has 5 nitrogen and oxygen atoms in total. The van der Waals surface area contributed by atoms with Crippen molar-refractivity contribution in [3.63, 3.8) is 0 Å². The lowest BCUT2D eigenvalue weighted by molar-refractivity contribution is 0.303. The summed E-state index contributed by atoms with van der Waals surface area (Å²) in [5, 5.41) is 3.91. The maximum absolute atomic E-state index is 5.72. The number of aliphatic imine (C=N–C) groups is 1. The lowest BCUT2D eigenvalue weighted by atomic mass is 10.0. The summed E-state index contributed by atoms with van der Waals surface area (Å²) in [6, 6.07) is 18.6. The highest BCUT2D eigenvalue weighted by Crippen LogP contribution is 2.30. The molecule has 0 saturated heterocycles. The molecule has 0 aromatic heterocycles. The Kier molecular flexibility index (Phi) is 3.14. The molecule has 2 aromatic rings. The van der Waals surface area contributed by atoms with Crippen molar-refractivity contribution in [1.29, 1.82) is 0 Å². The molecule has 2 aromatic carbocycles. The van der Waals surface area contributed by atoms with Gasteiger partial charge in [-0.25, -0.2) is 0 Å². The number of hydrogen-bond donors (Lipinski definition) is 2. The SMILES string of the molecule is NCN1C=C2CN=C(c3ccccc3)c3ccccc3N2N1. The molecule has 0 atom stereocenters. The van der Waals surface area contributed by atoms with Crippen LogP contribution in [0.2, 0.25) is 0 Å². The van der Waals surface area contributed by atoms with Crippen LogP contribution < -0.4 is 16.3 Å². The topological polar surface area (TPSA) is 56.9 Å². The average molecular weight is 291 g/mol. The maximum atomic E-state index is 5.72. The molecule has 0 unspecified atom stereocenters. The number of anilines is 1. The fourth-order valence-electron chi connectivity index (χ4n) is 2.83. The Hall–Kier alpha value is -2.63. The standard InChI is InChI=1S/C17H17N5/c18-12-21-11-14-10-19-17(13-6-2-1-3-7-13)15-8-4-5-9-16(15)22(14)20-21/h1-9,11,20H,10,12,18H2. The second-order valence-corrected chi connectivity index (χ2v) is 5.26. The van der Waals surface area contributed by atoms with Crippen LogP contribution in [0.4, 0.5) is 5.69 Å². The van der Waals surface area contributed by atoms with Gasteiger partial charge in [0.2, 0.25) is 0 Å². The van der Waals surface area contributed by atoms with E-state index in [1.54, 1.807) is 0 Å². The molecule has 2 aliphatic rings. The molecule has 4 rings (SSSR count). The Morgan fingerprint density at radius 3 is 2.64 bits per heavy atom. The Morgan fingerprint density at radius 2 is 1.82 bits per heavy atom. The van der Waals surface area contributed by atoms with Gasteiger partial charge in [0.15, 0.2) is 0 Å². The summed E-state index contributed by atoms with van der Waals surface area (Å²) in [7, 11) is 0. The molecule has 0 amide bonds. The summed E-state index contributed by atoms with van der Waals surface area (Å²) in [4.78, 5) is 4.85. The molecule has 110 valence electrons. The number of para-hydroxylation sites is 1. The first-order valence-electron chi connectivity index (χ1n) is 7.30. The van der Waals surface area contributed by atoms with Gasteiger partial charge in [-0.05, 0) is 6.07 Å². The van der Waals surface area contributed by atoms with E-state index in [-0.39, 0.29) is 0 Å². The number of hydrogen-bond acceptors (Lipinski definition) is 5. The van der Waals surface area contributed by atoms with Crippen LogP contribution in [0.3, 0.4) is 0 Å². The first-order valence-corrected chi connectivity index (χ1v) is 7.30. The van der Waals surface area contributed by atoms with Crippen LogP contribution in [0, 0.1) is 0 Å². The van der Waals surface area contributed by atoms with E-state index in [2.05, 4.69) is 34.8 Å². The van der Waals surface area contributed by atoms with Gasteiger partial charge < -0.3 is 5.73 Å². The minimum atomic E-state index is 0.414. The van der Waals surface area contributed by atoms with Gasteiger partial charge in [-0.2, -0.15) is 0 Å². The number of rotatable bonds is 2. The van der Waals surface area contributed by atoms with E-state index >= 15 is 0 Å². The Balaban J connectivity index is 1.86. The minimum absolute atomic E-state index is 0.414. The van der Waals surface area contributed by atoms with Gasteiger partial charge >= 0.3 is 0 Å². The van der Waals surface area contributed by atoms with Gasteiger partial charge in [0.1, 0.15) is 0 Å². The number of fused-ring (bicyclic) bond motifs is 3. The Morgan fingerprint density at radius 1 is 1.05 bits per heavy atom. The number of nitrogens with zero attached hydrogens (tertiary/aromatic N) is 3. The van der Waals surface area contributed by atoms with Gasteiger partial charge in [-0.1, -0.05) is 48.5 Å². The third-order valence-electron chi connectivity index (χ3n) is 3.86. The van der Waals surface area contributed by atoms with Crippen molar-refractivity contribution in [2.75, 3.05) is 18.2 Å². The van der Waals surface area contributed by atoms with Crippen LogP contribution >= 0.6 is 0 Å². The van der Waals surface area contributed by atoms with E-state index in [9.17, 15) is 0 Å². The normalized spacial score (nSPS) is 16.6. The summed E-state index contributed by atoms with van der Waals surface area (Å²) in [5.74, 6) is 0. The zero-order valence-corrected chi connectivity index (χ0v) is 12.1. The highest BCUT2D eigenvalue weighted by Gasteiger charge is 2.27. The van der Waals surface area contributed by atoms with Crippen molar-refractivity contribution >= 4 is 11.4 Å². The third kappa shape index (κ3) is 2.07. The zero-order valence-electron chi connectivity index (χ0n) is 12.1. The molecular weight excluding hydrogens is 274 g/mol. The van der Waals surface area contributed by atoms with Crippen molar-refractivity contribution in [1.82, 2.24) is 10.5 Å². The number of nitrogens with two attached hydrogens (primary N) is 1. The van der Waals surface area contributed by atoms with Crippen molar-refractivity contribution in [3.05, 3.63) is 77.6 Å². The molecule has 22 heavy (non-hydrogen) atoms. The summed E-state index contributed by atoms with van der Waals surface area (Å²) in [6.07, 6.45) is 2.01. The van der Waals surface area contributed by atoms with Crippen LogP contribution in [-0.2, 0) is 0 Å². The van der Waals surface area contributed by atoms with Crippen LogP contribution in [0.1, 0.15) is 11.1 Å². The lowest BCUT2D eigenvalue weighted by Gasteiger charge is -2.24. The lowest BCUT2D eigenvalue weighted by Crippen LogP contribution is -2.43. The van der Waals surface area contributed by atoms with E-state index in [1.165, 1.54) is 0 Å². The Bertz CT molecular complexity index is 751. The predicted molar refractivity (Wildman–Crippen MR) is 88.0 cm³/mol. The van der Waals surface area contributed by atoms with Gasteiger partial charge in [0, 0.05) is 17.3 Å². The number of benzene rings is 2. The number of nitrogens with one attached hydrogen (secondary N) is 1. The van der Waals surface area contributed by atoms with Crippen molar-refractivity contribution < 1.29 is 0 Å². The van der Waals surface area contributed by atoms with E-state index < -0.39 is 0 Å². The first-order chi connectivity index (χ1) is 10.9. The highest BCUT2D eigenvalue weighted by molar-refractivity contribution is 6.16. The average Bonchev–Trinajstić information content (AvgIpc) is 2.93. The number of hydrazine groups is 2. The predicted octanol–water partition coefficient (Wildman–Crippen LogP) is 1.84. The van der Waals surface area contributed by atoms with Gasteiger partial charge in [-0.3, -0.25) is 15.0 Å². The molecule has 0 aliphatic carbocycles. The van der Waals surface area contributed by atoms with Gasteiger partial charge in [-0.15, -0.1) is 5.53 Å². The second-order valence-electron chi connectivity index (χ2n) is 5.26. The van der Waals surface area contributed by atoms with Crippen molar-refractivity contribution in [2.45, 2.75) is 0 Å². The molecule has 0 saturated carbocycles. The van der Waals surface area contributed by atoms with Crippen LogP contribution in [0.25, 0.3) is 0 Å². The highest BCUT2D eigenvalue weighted by atomic mass is 15.8. The van der Waals surface area contributed by atoms with Crippen LogP contribution in [0.5, 0.6) is 0 Å². The largest absolute Gasteiger partial charge is 0.313 e. The molecule has 0 bridgehead atoms. The molecule has 2 aliphatic heterocycles. The smallest absolute Gasteiger partial charge is 0.0830 e. The summed E-state index contributed by atoms with van der Waals surface area (Å²) in [6.45, 7) is 1.03. The monoisotopic (exact) mass is 291 g/mol. The zero-order chi connectivity index (χ0) is 14.9. The van der Waals surface area contributed by atoms with E-state index in [1.807, 2.05) is 41.5 Å². The Labute approximate surface area is 129 Å². The van der Waals surface area contributed by atoms with Crippen LogP contribution in [-0.4, -0.2) is 23.9 Å². The fraction of sp³-hybridized carbons (Fsp3) is 0.118. The molecule has 0 radical (unpaired) electrons. The summed E-state index contributed by atoms with van der Waals surface area (Å²) < 4.78 is 0. The quantitative estimate of drug-likeness (QED) is 0.886. The van der Waals surface area contributed by atoms with Gasteiger partial charge in [0.25, 0.3) is 0 Å². The molecule has 2 heterocycles. The molecular formula is C17H17N5. The second kappa shape index (κ2) is 5.29. The molecule has 0 spiro atoms. The molecule has 0 fully saturated rings. The first kappa shape index (κ1) is 13.1. The van der Waals surface area contributed by atoms with Crippen molar-refractivity contribution in [2.24, 2.45) is 10.7 Å². The minimum Gasteiger partial charge on any atom is -0.313 e. The van der Waals surface area contributed by atoms with Crippen LogP contribution in [0.15, 0.2) is 71.5 Å². The summed E-state index contributed by atoms with van der Waals surface area (Å²) in [5.41, 5.74) is 14.5. The van der Waals surface area contributed by atoms with E-state index in [0.29, 0.717) is 13.2 Å². The van der Waals surface area contributed by atoms with Gasteiger partial charge in [0.05, 0.1) is 30.3 Å². The molecule has 3 N–H and O–H groups in total. The van der Waals surface area contributed by atoms with Crippen molar-refractivity contribution in [3.8, 4) is 0 Å². The summed E-state index contributed by atoms with van der Waals surface area (Å²) >= 11 is 0.